The first-order chi connectivity index (χ1) is 16.3. The van der Waals surface area contributed by atoms with Crippen molar-refractivity contribution in [3.05, 3.63) is 92.1 Å². The van der Waals surface area contributed by atoms with Crippen molar-refractivity contribution in [1.82, 2.24) is 4.90 Å². The minimum Gasteiger partial charge on any atom is -0.465 e. The predicted molar refractivity (Wildman–Crippen MR) is 125 cm³/mol. The average Bonchev–Trinajstić information content (AvgIpc) is 3.38. The van der Waals surface area contributed by atoms with Gasteiger partial charge in [0.05, 0.1) is 29.0 Å². The van der Waals surface area contributed by atoms with Gasteiger partial charge in [0.1, 0.15) is 11.5 Å². The minimum atomic E-state index is -0.531. The molecule has 10 heteroatoms. The van der Waals surface area contributed by atoms with Gasteiger partial charge in [-0.2, -0.15) is 0 Å². The van der Waals surface area contributed by atoms with Gasteiger partial charge in [-0.1, -0.05) is 18.2 Å². The molecule has 1 aromatic heterocycles. The number of nitro benzene ring substituents is 1. The second kappa shape index (κ2) is 9.36. The van der Waals surface area contributed by atoms with E-state index in [2.05, 4.69) is 0 Å². The molecule has 0 bridgehead atoms. The van der Waals surface area contributed by atoms with Gasteiger partial charge in [-0.25, -0.2) is 4.79 Å². The Balaban J connectivity index is 1.53. The second-order valence-electron chi connectivity index (χ2n) is 7.42. The van der Waals surface area contributed by atoms with E-state index in [4.69, 9.17) is 9.15 Å². The van der Waals surface area contributed by atoms with Crippen LogP contribution in [-0.2, 0) is 16.1 Å². The highest BCUT2D eigenvalue weighted by atomic mass is 32.2. The molecule has 0 unspecified atom stereocenters. The maximum atomic E-state index is 12.8. The molecule has 1 aliphatic heterocycles. The number of esters is 1. The van der Waals surface area contributed by atoms with E-state index in [1.165, 1.54) is 31.4 Å². The number of hydrogen-bond acceptors (Lipinski definition) is 8. The van der Waals surface area contributed by atoms with Crippen molar-refractivity contribution in [3.63, 3.8) is 0 Å². The Bertz CT molecular complexity index is 1360. The largest absolute Gasteiger partial charge is 0.465 e. The second-order valence-corrected chi connectivity index (χ2v) is 8.41. The number of carbonyl (C=O) groups excluding carboxylic acids is 3. The number of thioether (sulfide) groups is 1. The van der Waals surface area contributed by atoms with Crippen molar-refractivity contribution in [1.29, 1.82) is 0 Å². The van der Waals surface area contributed by atoms with E-state index in [9.17, 15) is 24.5 Å². The highest BCUT2D eigenvalue weighted by molar-refractivity contribution is 8.18. The summed E-state index contributed by atoms with van der Waals surface area (Å²) in [5, 5.41) is 10.5. The van der Waals surface area contributed by atoms with Crippen molar-refractivity contribution >= 4 is 40.6 Å². The van der Waals surface area contributed by atoms with E-state index in [1.54, 1.807) is 36.4 Å². The van der Waals surface area contributed by atoms with Crippen LogP contribution in [-0.4, -0.2) is 34.0 Å². The Morgan fingerprint density at radius 2 is 1.97 bits per heavy atom. The standard InChI is InChI=1S/C24H18N2O7S/c1-14-10-16(23(28)32-2)6-8-19(14)20-9-7-18(33-20)12-21-22(27)25(24(29)34-21)13-15-4-3-5-17(11-15)26(30)31/h3-12H,13H2,1-2H3. The molecule has 3 aromatic rings. The summed E-state index contributed by atoms with van der Waals surface area (Å²) >= 11 is 0.776. The zero-order chi connectivity index (χ0) is 24.4. The quantitative estimate of drug-likeness (QED) is 0.206. The lowest BCUT2D eigenvalue weighted by atomic mass is 10.0. The lowest BCUT2D eigenvalue weighted by Gasteiger charge is -2.12. The zero-order valence-electron chi connectivity index (χ0n) is 18.1. The normalized spacial score (nSPS) is 14.6. The molecule has 34 heavy (non-hydrogen) atoms. The fourth-order valence-corrected chi connectivity index (χ4v) is 4.29. The Hall–Kier alpha value is -4.18. The fraction of sp³-hybridized carbons (Fsp3) is 0.125. The summed E-state index contributed by atoms with van der Waals surface area (Å²) in [4.78, 5) is 48.6. The zero-order valence-corrected chi connectivity index (χ0v) is 19.0. The van der Waals surface area contributed by atoms with E-state index < -0.39 is 22.0 Å². The van der Waals surface area contributed by atoms with Crippen LogP contribution >= 0.6 is 11.8 Å². The van der Waals surface area contributed by atoms with E-state index in [0.717, 1.165) is 27.8 Å². The lowest BCUT2D eigenvalue weighted by molar-refractivity contribution is -0.384. The molecule has 0 saturated carbocycles. The number of non-ortho nitro benzene ring substituents is 1. The van der Waals surface area contributed by atoms with Crippen LogP contribution in [0.1, 0.15) is 27.2 Å². The van der Waals surface area contributed by atoms with Crippen LogP contribution < -0.4 is 0 Å². The van der Waals surface area contributed by atoms with Gasteiger partial charge < -0.3 is 9.15 Å². The molecule has 1 fully saturated rings. The Morgan fingerprint density at radius 1 is 1.18 bits per heavy atom. The SMILES string of the molecule is COC(=O)c1ccc(-c2ccc(C=C3SC(=O)N(Cc4cccc([N+](=O)[O-])c4)C3=O)o2)c(C)c1. The minimum absolute atomic E-state index is 0.0706. The van der Waals surface area contributed by atoms with Gasteiger partial charge in [0, 0.05) is 23.8 Å². The smallest absolute Gasteiger partial charge is 0.337 e. The number of nitrogens with zero attached hydrogens (tertiary/aromatic N) is 2. The van der Waals surface area contributed by atoms with Crippen LogP contribution in [0.4, 0.5) is 10.5 Å². The van der Waals surface area contributed by atoms with E-state index >= 15 is 0 Å². The van der Waals surface area contributed by atoms with Crippen molar-refractivity contribution in [2.24, 2.45) is 0 Å². The molecule has 0 spiro atoms. The first-order valence-corrected chi connectivity index (χ1v) is 10.9. The summed E-state index contributed by atoms with van der Waals surface area (Å²) in [6.45, 7) is 1.77. The number of rotatable bonds is 6. The van der Waals surface area contributed by atoms with Crippen LogP contribution in [0.3, 0.4) is 0 Å². The van der Waals surface area contributed by atoms with Gasteiger partial charge in [0.2, 0.25) is 0 Å². The number of nitro groups is 1. The summed E-state index contributed by atoms with van der Waals surface area (Å²) in [7, 11) is 1.32. The molecule has 1 saturated heterocycles. The average molecular weight is 478 g/mol. The van der Waals surface area contributed by atoms with Crippen molar-refractivity contribution in [2.45, 2.75) is 13.5 Å². The molecule has 0 atom stereocenters. The number of benzene rings is 2. The summed E-state index contributed by atoms with van der Waals surface area (Å²) in [6, 6.07) is 14.3. The molecule has 9 nitrogen and oxygen atoms in total. The van der Waals surface area contributed by atoms with E-state index in [1.807, 2.05) is 6.92 Å². The molecule has 0 radical (unpaired) electrons. The molecule has 0 N–H and O–H groups in total. The molecule has 4 rings (SSSR count). The maximum absolute atomic E-state index is 12.8. The van der Waals surface area contributed by atoms with Crippen LogP contribution in [0.2, 0.25) is 0 Å². The van der Waals surface area contributed by atoms with Crippen molar-refractivity contribution < 1.29 is 28.5 Å². The van der Waals surface area contributed by atoms with Gasteiger partial charge in [0.15, 0.2) is 0 Å². The number of aryl methyl sites for hydroxylation is 1. The molecular weight excluding hydrogens is 460 g/mol. The van der Waals surface area contributed by atoms with Gasteiger partial charge in [-0.15, -0.1) is 0 Å². The molecule has 2 amide bonds. The fourth-order valence-electron chi connectivity index (χ4n) is 3.48. The van der Waals surface area contributed by atoms with Crippen molar-refractivity contribution in [3.8, 4) is 11.3 Å². The van der Waals surface area contributed by atoms with Crippen LogP contribution in [0.5, 0.6) is 0 Å². The van der Waals surface area contributed by atoms with Crippen molar-refractivity contribution in [2.75, 3.05) is 7.11 Å². The van der Waals surface area contributed by atoms with Gasteiger partial charge in [-0.3, -0.25) is 24.6 Å². The maximum Gasteiger partial charge on any atom is 0.337 e. The monoisotopic (exact) mass is 478 g/mol. The van der Waals surface area contributed by atoms with Gasteiger partial charge >= 0.3 is 5.97 Å². The molecular formula is C24H18N2O7S. The summed E-state index contributed by atoms with van der Waals surface area (Å²) in [5.41, 5.74) is 2.36. The highest BCUT2D eigenvalue weighted by Gasteiger charge is 2.35. The highest BCUT2D eigenvalue weighted by Crippen LogP contribution is 2.35. The number of imide groups is 1. The number of furan rings is 1. The topological polar surface area (TPSA) is 120 Å². The summed E-state index contributed by atoms with van der Waals surface area (Å²) in [6.07, 6.45) is 1.49. The number of carbonyl (C=O) groups is 3. The third-order valence-electron chi connectivity index (χ3n) is 5.15. The lowest BCUT2D eigenvalue weighted by Crippen LogP contribution is -2.27. The van der Waals surface area contributed by atoms with Crippen LogP contribution in [0, 0.1) is 17.0 Å². The predicted octanol–water partition coefficient (Wildman–Crippen LogP) is 5.19. The summed E-state index contributed by atoms with van der Waals surface area (Å²) < 4.78 is 10.6. The number of ether oxygens (including phenoxy) is 1. The summed E-state index contributed by atoms with van der Waals surface area (Å²) in [5.74, 6) is -0.0167. The molecule has 0 aliphatic carbocycles. The Morgan fingerprint density at radius 3 is 2.68 bits per heavy atom. The Labute approximate surface area is 198 Å². The van der Waals surface area contributed by atoms with Gasteiger partial charge in [-0.05, 0) is 54.1 Å². The number of amides is 2. The van der Waals surface area contributed by atoms with Crippen LogP contribution in [0.15, 0.2) is 63.9 Å². The van der Waals surface area contributed by atoms with Gasteiger partial charge in [0.25, 0.3) is 16.8 Å². The number of hydrogen-bond donors (Lipinski definition) is 0. The third-order valence-corrected chi connectivity index (χ3v) is 6.06. The molecule has 2 heterocycles. The first kappa shape index (κ1) is 23.0. The third kappa shape index (κ3) is 4.62. The van der Waals surface area contributed by atoms with E-state index in [-0.39, 0.29) is 17.1 Å². The first-order valence-electron chi connectivity index (χ1n) is 10.0. The number of methoxy groups -OCH3 is 1. The van der Waals surface area contributed by atoms with Crippen LogP contribution in [0.25, 0.3) is 17.4 Å². The molecule has 2 aromatic carbocycles. The van der Waals surface area contributed by atoms with E-state index in [0.29, 0.717) is 22.6 Å². The Kier molecular flexibility index (Phi) is 6.33. The molecule has 1 aliphatic rings. The molecule has 172 valence electrons.